The molecule has 0 aromatic heterocycles. The van der Waals surface area contributed by atoms with Crippen molar-refractivity contribution in [1.29, 1.82) is 0 Å². The predicted molar refractivity (Wildman–Crippen MR) is 129 cm³/mol. The summed E-state index contributed by atoms with van der Waals surface area (Å²) in [6.45, 7) is 2.27. The molecule has 2 aromatic carbocycles. The summed E-state index contributed by atoms with van der Waals surface area (Å²) in [6, 6.07) is 9.18. The minimum absolute atomic E-state index is 0.0287. The van der Waals surface area contributed by atoms with Crippen LogP contribution in [-0.2, 0) is 9.59 Å². The van der Waals surface area contributed by atoms with Crippen LogP contribution in [0.2, 0.25) is 5.02 Å². The van der Waals surface area contributed by atoms with Crippen LogP contribution < -0.4 is 14.2 Å². The summed E-state index contributed by atoms with van der Waals surface area (Å²) in [7, 11) is 3.03. The maximum absolute atomic E-state index is 13.4. The Labute approximate surface area is 203 Å². The average molecular weight is 486 g/mol. The lowest BCUT2D eigenvalue weighted by atomic mass is 9.93. The number of carbonyl (C=O) groups is 2. The molecule has 2 aliphatic rings. The normalized spacial score (nSPS) is 20.1. The fourth-order valence-electron chi connectivity index (χ4n) is 4.93. The molecule has 1 amide bonds. The molecule has 0 bridgehead atoms. The number of amides is 1. The summed E-state index contributed by atoms with van der Waals surface area (Å²) in [5, 5.41) is 11.7. The quantitative estimate of drug-likeness (QED) is 0.333. The lowest BCUT2D eigenvalue weighted by Crippen LogP contribution is -2.37. The number of carbonyl (C=O) groups excluding carboxylic acids is 2. The van der Waals surface area contributed by atoms with Crippen molar-refractivity contribution in [2.45, 2.75) is 44.7 Å². The molecule has 34 heavy (non-hydrogen) atoms. The smallest absolute Gasteiger partial charge is 0.295 e. The van der Waals surface area contributed by atoms with Gasteiger partial charge in [0.05, 0.1) is 37.5 Å². The second-order valence-corrected chi connectivity index (χ2v) is 8.71. The molecule has 7 nitrogen and oxygen atoms in total. The van der Waals surface area contributed by atoms with E-state index >= 15 is 0 Å². The number of aliphatic hydroxyl groups is 1. The number of ketones is 1. The Morgan fingerprint density at radius 1 is 1.12 bits per heavy atom. The van der Waals surface area contributed by atoms with E-state index in [0.717, 1.165) is 25.7 Å². The van der Waals surface area contributed by atoms with E-state index in [0.29, 0.717) is 29.4 Å². The average Bonchev–Trinajstić information content (AvgIpc) is 3.46. The molecule has 180 valence electrons. The van der Waals surface area contributed by atoms with Gasteiger partial charge in [0.1, 0.15) is 11.5 Å². The third kappa shape index (κ3) is 4.09. The third-order valence-corrected chi connectivity index (χ3v) is 6.76. The monoisotopic (exact) mass is 485 g/mol. The molecule has 0 spiro atoms. The molecule has 2 fully saturated rings. The van der Waals surface area contributed by atoms with Crippen LogP contribution in [0.3, 0.4) is 0 Å². The molecule has 1 saturated heterocycles. The maximum atomic E-state index is 13.4. The maximum Gasteiger partial charge on any atom is 0.295 e. The summed E-state index contributed by atoms with van der Waals surface area (Å²) >= 11 is 6.41. The van der Waals surface area contributed by atoms with Crippen molar-refractivity contribution in [2.24, 2.45) is 0 Å². The van der Waals surface area contributed by atoms with Crippen LogP contribution in [-0.4, -0.2) is 48.6 Å². The van der Waals surface area contributed by atoms with E-state index in [2.05, 4.69) is 0 Å². The highest BCUT2D eigenvalue weighted by molar-refractivity contribution is 6.47. The van der Waals surface area contributed by atoms with Gasteiger partial charge in [0.25, 0.3) is 11.7 Å². The van der Waals surface area contributed by atoms with Gasteiger partial charge in [0, 0.05) is 17.2 Å². The van der Waals surface area contributed by atoms with E-state index in [1.54, 1.807) is 41.3 Å². The second kappa shape index (κ2) is 9.97. The second-order valence-electron chi connectivity index (χ2n) is 8.30. The molecule has 4 rings (SSSR count). The fraction of sp³-hybridized carbons (Fsp3) is 0.385. The minimum Gasteiger partial charge on any atom is -0.507 e. The zero-order chi connectivity index (χ0) is 24.4. The first-order valence-electron chi connectivity index (χ1n) is 11.4. The van der Waals surface area contributed by atoms with Crippen LogP contribution in [0.5, 0.6) is 17.2 Å². The molecule has 1 aliphatic carbocycles. The molecular weight excluding hydrogens is 458 g/mol. The van der Waals surface area contributed by atoms with Crippen molar-refractivity contribution in [1.82, 2.24) is 4.90 Å². The van der Waals surface area contributed by atoms with Crippen LogP contribution in [0.1, 0.15) is 49.8 Å². The lowest BCUT2D eigenvalue weighted by Gasteiger charge is -2.31. The van der Waals surface area contributed by atoms with E-state index < -0.39 is 17.7 Å². The van der Waals surface area contributed by atoms with Gasteiger partial charge in [0.2, 0.25) is 0 Å². The van der Waals surface area contributed by atoms with Gasteiger partial charge in [-0.05, 0) is 44.0 Å². The number of hydrogen-bond acceptors (Lipinski definition) is 6. The molecule has 1 saturated carbocycles. The number of methoxy groups -OCH3 is 2. The number of rotatable bonds is 7. The van der Waals surface area contributed by atoms with E-state index in [1.807, 2.05) is 6.92 Å². The lowest BCUT2D eigenvalue weighted by molar-refractivity contribution is -0.141. The molecule has 2 aromatic rings. The topological polar surface area (TPSA) is 85.3 Å². The van der Waals surface area contributed by atoms with Gasteiger partial charge < -0.3 is 24.2 Å². The van der Waals surface area contributed by atoms with Crippen molar-refractivity contribution in [3.63, 3.8) is 0 Å². The van der Waals surface area contributed by atoms with Crippen LogP contribution in [0.15, 0.2) is 42.0 Å². The first kappa shape index (κ1) is 24.0. The highest BCUT2D eigenvalue weighted by Gasteiger charge is 2.50. The van der Waals surface area contributed by atoms with Gasteiger partial charge in [-0.25, -0.2) is 0 Å². The molecular formula is C26H28ClNO6. The number of nitrogens with zero attached hydrogens (tertiary/aromatic N) is 1. The summed E-state index contributed by atoms with van der Waals surface area (Å²) in [6.07, 6.45) is 3.52. The number of halogens is 1. The van der Waals surface area contributed by atoms with Gasteiger partial charge in [0.15, 0.2) is 11.5 Å². The molecule has 1 aliphatic heterocycles. The first-order valence-corrected chi connectivity index (χ1v) is 11.7. The number of ether oxygens (including phenoxy) is 3. The number of hydrogen-bond donors (Lipinski definition) is 1. The van der Waals surface area contributed by atoms with Crippen LogP contribution >= 0.6 is 11.6 Å². The van der Waals surface area contributed by atoms with Crippen LogP contribution in [0, 0.1) is 0 Å². The SMILES string of the molecule is CCOc1ccc(Cl)c(/C(O)=C2\C(=O)C(=O)N(C3CCCC3)C2c2cccc(OC)c2OC)c1. The van der Waals surface area contributed by atoms with E-state index in [4.69, 9.17) is 25.8 Å². The molecule has 1 N–H and O–H groups in total. The Balaban J connectivity index is 1.96. The van der Waals surface area contributed by atoms with E-state index in [-0.39, 0.29) is 28.0 Å². The van der Waals surface area contributed by atoms with Crippen molar-refractivity contribution < 1.29 is 28.9 Å². The Morgan fingerprint density at radius 2 is 1.85 bits per heavy atom. The van der Waals surface area contributed by atoms with Crippen LogP contribution in [0.25, 0.3) is 5.76 Å². The van der Waals surface area contributed by atoms with E-state index in [9.17, 15) is 14.7 Å². The van der Waals surface area contributed by atoms with Gasteiger partial charge in [-0.2, -0.15) is 0 Å². The highest BCUT2D eigenvalue weighted by atomic mass is 35.5. The molecule has 8 heteroatoms. The van der Waals surface area contributed by atoms with Gasteiger partial charge in [-0.3, -0.25) is 9.59 Å². The van der Waals surface area contributed by atoms with E-state index in [1.165, 1.54) is 14.2 Å². The largest absolute Gasteiger partial charge is 0.507 e. The number of likely N-dealkylation sites (tertiary alicyclic amines) is 1. The number of aliphatic hydroxyl groups excluding tert-OH is 1. The zero-order valence-electron chi connectivity index (χ0n) is 19.5. The Kier molecular flexibility index (Phi) is 7.03. The Bertz CT molecular complexity index is 1140. The first-order chi connectivity index (χ1) is 16.4. The Morgan fingerprint density at radius 3 is 2.50 bits per heavy atom. The number of Topliss-reactive ketones (excluding diaryl/α,β-unsaturated/α-hetero) is 1. The van der Waals surface area contributed by atoms with Crippen molar-refractivity contribution in [3.05, 3.63) is 58.1 Å². The molecule has 1 atom stereocenters. The van der Waals surface area contributed by atoms with Gasteiger partial charge >= 0.3 is 0 Å². The zero-order valence-corrected chi connectivity index (χ0v) is 20.2. The molecule has 1 unspecified atom stereocenters. The van der Waals surface area contributed by atoms with Crippen LogP contribution in [0.4, 0.5) is 0 Å². The third-order valence-electron chi connectivity index (χ3n) is 6.43. The summed E-state index contributed by atoms with van der Waals surface area (Å²) in [4.78, 5) is 28.3. The van der Waals surface area contributed by atoms with Crippen molar-refractivity contribution in [3.8, 4) is 17.2 Å². The van der Waals surface area contributed by atoms with Crippen molar-refractivity contribution in [2.75, 3.05) is 20.8 Å². The summed E-state index contributed by atoms with van der Waals surface area (Å²) < 4.78 is 16.7. The fourth-order valence-corrected chi connectivity index (χ4v) is 5.14. The van der Waals surface area contributed by atoms with Gasteiger partial charge in [-0.15, -0.1) is 0 Å². The number of para-hydroxylation sites is 1. The van der Waals surface area contributed by atoms with Gasteiger partial charge in [-0.1, -0.05) is 36.6 Å². The Hall–Kier alpha value is -3.19. The predicted octanol–water partition coefficient (Wildman–Crippen LogP) is 5.12. The minimum atomic E-state index is -0.847. The van der Waals surface area contributed by atoms with Crippen molar-refractivity contribution >= 4 is 29.1 Å². The molecule has 1 heterocycles. The molecule has 0 radical (unpaired) electrons. The highest BCUT2D eigenvalue weighted by Crippen LogP contribution is 2.48. The standard InChI is InChI=1S/C26H28ClNO6/c1-4-34-16-12-13-19(27)18(14-16)23(29)21-22(17-10-7-11-20(32-2)25(17)33-3)28(26(31)24(21)30)15-8-5-6-9-15/h7,10-15,22,29H,4-6,8-9H2,1-3H3/b23-21+. The summed E-state index contributed by atoms with van der Waals surface area (Å²) in [5.41, 5.74) is 0.759. The number of benzene rings is 2. The summed E-state index contributed by atoms with van der Waals surface area (Å²) in [5.74, 6) is -0.375.